The van der Waals surface area contributed by atoms with Crippen molar-refractivity contribution in [1.29, 1.82) is 0 Å². The molecule has 3 aromatic heterocycles. The van der Waals surface area contributed by atoms with Crippen molar-refractivity contribution < 1.29 is 4.42 Å². The molecule has 1 aliphatic heterocycles. The number of hydrogen-bond acceptors (Lipinski definition) is 5. The van der Waals surface area contributed by atoms with E-state index in [0.29, 0.717) is 6.04 Å². The number of pyridine rings is 1. The van der Waals surface area contributed by atoms with Crippen LogP contribution in [-0.4, -0.2) is 38.6 Å². The van der Waals surface area contributed by atoms with Gasteiger partial charge in [-0.1, -0.05) is 6.07 Å². The number of aromatic nitrogens is 3. The van der Waals surface area contributed by atoms with Gasteiger partial charge < -0.3 is 9.73 Å². The standard InChI is InChI=1S/C17H21N5O/c1-2-8-22-16(5-1)19-20-17(22)12-18-14-6-9-21(10-7-14)13-15-4-3-11-23-15/h1-5,8,11,14,18H,6-7,9-10,12-13H2. The highest BCUT2D eigenvalue weighted by Gasteiger charge is 2.20. The Hall–Kier alpha value is -2.18. The second kappa shape index (κ2) is 6.52. The van der Waals surface area contributed by atoms with Crippen LogP contribution in [-0.2, 0) is 13.1 Å². The van der Waals surface area contributed by atoms with E-state index in [2.05, 4.69) is 20.4 Å². The SMILES string of the molecule is c1coc(CN2CCC(NCc3nnc4ccccn34)CC2)c1. The zero-order valence-electron chi connectivity index (χ0n) is 13.1. The molecule has 1 fully saturated rings. The fraction of sp³-hybridized carbons (Fsp3) is 0.412. The summed E-state index contributed by atoms with van der Waals surface area (Å²) in [6.45, 7) is 3.86. The van der Waals surface area contributed by atoms with Gasteiger partial charge in [-0.2, -0.15) is 0 Å². The smallest absolute Gasteiger partial charge is 0.160 e. The van der Waals surface area contributed by atoms with Crippen molar-refractivity contribution in [3.63, 3.8) is 0 Å². The summed E-state index contributed by atoms with van der Waals surface area (Å²) in [4.78, 5) is 2.45. The Bertz CT molecular complexity index is 743. The Morgan fingerprint density at radius 1 is 1.13 bits per heavy atom. The molecule has 0 atom stereocenters. The molecule has 4 heterocycles. The third kappa shape index (κ3) is 3.28. The average molecular weight is 311 g/mol. The van der Waals surface area contributed by atoms with Crippen molar-refractivity contribution >= 4 is 5.65 Å². The van der Waals surface area contributed by atoms with E-state index in [0.717, 1.165) is 56.3 Å². The Morgan fingerprint density at radius 2 is 2.04 bits per heavy atom. The maximum absolute atomic E-state index is 5.43. The molecule has 0 aliphatic carbocycles. The summed E-state index contributed by atoms with van der Waals surface area (Å²) in [5.74, 6) is 2.02. The summed E-state index contributed by atoms with van der Waals surface area (Å²) in [5.41, 5.74) is 0.901. The molecule has 0 bridgehead atoms. The molecule has 0 aromatic carbocycles. The predicted octanol–water partition coefficient (Wildman–Crippen LogP) is 2.08. The normalized spacial score (nSPS) is 17.0. The van der Waals surface area contributed by atoms with Gasteiger partial charge in [0.25, 0.3) is 0 Å². The summed E-state index contributed by atoms with van der Waals surface area (Å²) >= 11 is 0. The average Bonchev–Trinajstić information content (AvgIpc) is 3.24. The lowest BCUT2D eigenvalue weighted by Crippen LogP contribution is -2.42. The highest BCUT2D eigenvalue weighted by molar-refractivity contribution is 5.36. The van der Waals surface area contributed by atoms with Gasteiger partial charge in [-0.15, -0.1) is 10.2 Å². The van der Waals surface area contributed by atoms with E-state index >= 15 is 0 Å². The second-order valence-corrected chi connectivity index (χ2v) is 6.06. The van der Waals surface area contributed by atoms with Crippen molar-refractivity contribution in [2.24, 2.45) is 0 Å². The summed E-state index contributed by atoms with van der Waals surface area (Å²) < 4.78 is 7.47. The molecule has 0 saturated carbocycles. The molecule has 0 spiro atoms. The van der Waals surface area contributed by atoms with Crippen LogP contribution in [0.15, 0.2) is 47.2 Å². The monoisotopic (exact) mass is 311 g/mol. The Balaban J connectivity index is 1.28. The van der Waals surface area contributed by atoms with Gasteiger partial charge in [0.1, 0.15) is 5.76 Å². The van der Waals surface area contributed by atoms with Gasteiger partial charge in [0.2, 0.25) is 0 Å². The molecule has 23 heavy (non-hydrogen) atoms. The van der Waals surface area contributed by atoms with Crippen LogP contribution < -0.4 is 5.32 Å². The van der Waals surface area contributed by atoms with Crippen molar-refractivity contribution in [2.75, 3.05) is 13.1 Å². The molecule has 1 saturated heterocycles. The van der Waals surface area contributed by atoms with Gasteiger partial charge in [0.15, 0.2) is 11.5 Å². The first-order valence-corrected chi connectivity index (χ1v) is 8.15. The zero-order chi connectivity index (χ0) is 15.5. The molecule has 6 heteroatoms. The largest absolute Gasteiger partial charge is 0.468 e. The van der Waals surface area contributed by atoms with Crippen LogP contribution >= 0.6 is 0 Å². The van der Waals surface area contributed by atoms with Gasteiger partial charge in [0.05, 0.1) is 19.4 Å². The lowest BCUT2D eigenvalue weighted by molar-refractivity contribution is 0.178. The summed E-state index contributed by atoms with van der Waals surface area (Å²) in [7, 11) is 0. The molecule has 3 aromatic rings. The van der Waals surface area contributed by atoms with Crippen LogP contribution in [0.1, 0.15) is 24.4 Å². The fourth-order valence-electron chi connectivity index (χ4n) is 3.17. The molecule has 0 unspecified atom stereocenters. The van der Waals surface area contributed by atoms with Crippen LogP contribution in [0.5, 0.6) is 0 Å². The zero-order valence-corrected chi connectivity index (χ0v) is 13.1. The number of likely N-dealkylation sites (tertiary alicyclic amines) is 1. The Labute approximate surface area is 135 Å². The van der Waals surface area contributed by atoms with E-state index in [1.54, 1.807) is 6.26 Å². The van der Waals surface area contributed by atoms with Crippen LogP contribution in [0.3, 0.4) is 0 Å². The van der Waals surface area contributed by atoms with E-state index in [9.17, 15) is 0 Å². The molecule has 1 aliphatic rings. The number of piperidine rings is 1. The minimum Gasteiger partial charge on any atom is -0.468 e. The summed E-state index contributed by atoms with van der Waals surface area (Å²) in [6, 6.07) is 10.5. The van der Waals surface area contributed by atoms with Crippen LogP contribution in [0, 0.1) is 0 Å². The van der Waals surface area contributed by atoms with Crippen LogP contribution in [0.25, 0.3) is 5.65 Å². The van der Waals surface area contributed by atoms with Gasteiger partial charge >= 0.3 is 0 Å². The Morgan fingerprint density at radius 3 is 2.87 bits per heavy atom. The minimum absolute atomic E-state index is 0.541. The van der Waals surface area contributed by atoms with Gasteiger partial charge in [-0.25, -0.2) is 0 Å². The number of nitrogens with one attached hydrogen (secondary N) is 1. The first-order valence-electron chi connectivity index (χ1n) is 8.15. The molecule has 0 amide bonds. The number of rotatable bonds is 5. The van der Waals surface area contributed by atoms with Gasteiger partial charge in [-0.05, 0) is 37.1 Å². The lowest BCUT2D eigenvalue weighted by atomic mass is 10.0. The quantitative estimate of drug-likeness (QED) is 0.782. The molecule has 0 radical (unpaired) electrons. The predicted molar refractivity (Wildman–Crippen MR) is 86.8 cm³/mol. The highest BCUT2D eigenvalue weighted by Crippen LogP contribution is 2.14. The topological polar surface area (TPSA) is 58.6 Å². The lowest BCUT2D eigenvalue weighted by Gasteiger charge is -2.31. The minimum atomic E-state index is 0.541. The number of nitrogens with zero attached hydrogens (tertiary/aromatic N) is 4. The van der Waals surface area contributed by atoms with E-state index < -0.39 is 0 Å². The van der Waals surface area contributed by atoms with Crippen molar-refractivity contribution in [3.05, 3.63) is 54.4 Å². The van der Waals surface area contributed by atoms with Crippen LogP contribution in [0.4, 0.5) is 0 Å². The fourth-order valence-corrected chi connectivity index (χ4v) is 3.17. The first kappa shape index (κ1) is 14.4. The molecular weight excluding hydrogens is 290 g/mol. The van der Waals surface area contributed by atoms with Crippen molar-refractivity contribution in [1.82, 2.24) is 24.8 Å². The van der Waals surface area contributed by atoms with Crippen molar-refractivity contribution in [2.45, 2.75) is 32.0 Å². The number of hydrogen-bond donors (Lipinski definition) is 1. The van der Waals surface area contributed by atoms with Crippen LogP contribution in [0.2, 0.25) is 0 Å². The number of fused-ring (bicyclic) bond motifs is 1. The third-order valence-electron chi connectivity index (χ3n) is 4.48. The molecule has 6 nitrogen and oxygen atoms in total. The first-order chi connectivity index (χ1) is 11.4. The molecule has 4 rings (SSSR count). The van der Waals surface area contributed by atoms with E-state index in [4.69, 9.17) is 4.42 Å². The number of furan rings is 1. The van der Waals surface area contributed by atoms with Crippen molar-refractivity contribution in [3.8, 4) is 0 Å². The molecule has 1 N–H and O–H groups in total. The molecule has 120 valence electrons. The van der Waals surface area contributed by atoms with E-state index in [-0.39, 0.29) is 0 Å². The third-order valence-corrected chi connectivity index (χ3v) is 4.48. The van der Waals surface area contributed by atoms with E-state index in [1.807, 2.05) is 40.9 Å². The maximum Gasteiger partial charge on any atom is 0.160 e. The van der Waals surface area contributed by atoms with E-state index in [1.165, 1.54) is 0 Å². The maximum atomic E-state index is 5.43. The van der Waals surface area contributed by atoms with Gasteiger partial charge in [-0.3, -0.25) is 9.30 Å². The van der Waals surface area contributed by atoms with Gasteiger partial charge in [0, 0.05) is 25.3 Å². The highest BCUT2D eigenvalue weighted by atomic mass is 16.3. The second-order valence-electron chi connectivity index (χ2n) is 6.06. The summed E-state index contributed by atoms with van der Waals surface area (Å²) in [5, 5.41) is 12.1. The Kier molecular flexibility index (Phi) is 4.08. The molecular formula is C17H21N5O. The summed E-state index contributed by atoms with van der Waals surface area (Å²) in [6.07, 6.45) is 6.06.